The predicted molar refractivity (Wildman–Crippen MR) is 175 cm³/mol. The summed E-state index contributed by atoms with van der Waals surface area (Å²) in [5.41, 5.74) is 4.98. The first-order chi connectivity index (χ1) is 21.2. The third-order valence-corrected chi connectivity index (χ3v) is 8.67. The number of carbonyl (C=O) groups excluding carboxylic acids is 4. The maximum Gasteiger partial charge on any atom is 0.294 e. The maximum absolute atomic E-state index is 13.0. The van der Waals surface area contributed by atoms with E-state index in [2.05, 4.69) is 31.5 Å². The lowest BCUT2D eigenvalue weighted by molar-refractivity contribution is -0.127. The summed E-state index contributed by atoms with van der Waals surface area (Å²) in [5.74, 6) is -0.838. The fourth-order valence-electron chi connectivity index (χ4n) is 4.65. The first-order valence-corrected chi connectivity index (χ1v) is 15.6. The Morgan fingerprint density at radius 3 is 2.39 bits per heavy atom. The van der Waals surface area contributed by atoms with Crippen molar-refractivity contribution >= 4 is 73.8 Å². The Hall–Kier alpha value is -4.13. The van der Waals surface area contributed by atoms with Gasteiger partial charge in [-0.2, -0.15) is 0 Å². The van der Waals surface area contributed by atoms with Gasteiger partial charge in [0.2, 0.25) is 5.91 Å². The van der Waals surface area contributed by atoms with Crippen LogP contribution in [0.4, 0.5) is 21.9 Å². The number of rotatable bonds is 9. The van der Waals surface area contributed by atoms with E-state index >= 15 is 0 Å². The van der Waals surface area contributed by atoms with E-state index in [9.17, 15) is 19.2 Å². The molecule has 0 atom stereocenters. The second kappa shape index (κ2) is 14.1. The highest BCUT2D eigenvalue weighted by atomic mass is 79.9. The molecule has 2 aliphatic rings. The van der Waals surface area contributed by atoms with Gasteiger partial charge in [-0.3, -0.25) is 24.1 Å². The smallest absolute Gasteiger partial charge is 0.294 e. The molecule has 0 aliphatic carbocycles. The molecule has 10 nitrogen and oxygen atoms in total. The van der Waals surface area contributed by atoms with E-state index in [1.807, 2.05) is 44.2 Å². The highest BCUT2D eigenvalue weighted by Gasteiger charge is 2.36. The number of anilines is 3. The summed E-state index contributed by atoms with van der Waals surface area (Å²) in [6.07, 6.45) is 1.59. The van der Waals surface area contributed by atoms with E-state index in [0.717, 1.165) is 37.9 Å². The second-order valence-electron chi connectivity index (χ2n) is 10.3. The zero-order chi connectivity index (χ0) is 31.2. The molecular weight excluding hydrogens is 648 g/mol. The van der Waals surface area contributed by atoms with Crippen LogP contribution < -0.4 is 20.3 Å². The Morgan fingerprint density at radius 2 is 1.64 bits per heavy atom. The summed E-state index contributed by atoms with van der Waals surface area (Å²) in [5, 5.41) is 5.17. The van der Waals surface area contributed by atoms with Crippen LogP contribution in [0.5, 0.6) is 5.75 Å². The number of carbonyl (C=O) groups is 4. The largest absolute Gasteiger partial charge is 0.484 e. The molecule has 44 heavy (non-hydrogen) atoms. The quantitative estimate of drug-likeness (QED) is 0.281. The third kappa shape index (κ3) is 7.68. The van der Waals surface area contributed by atoms with Crippen molar-refractivity contribution in [3.63, 3.8) is 0 Å². The molecule has 2 fully saturated rings. The van der Waals surface area contributed by atoms with Gasteiger partial charge in [0.15, 0.2) is 6.61 Å². The van der Waals surface area contributed by atoms with Crippen LogP contribution in [-0.4, -0.2) is 67.3 Å². The van der Waals surface area contributed by atoms with Crippen molar-refractivity contribution in [1.82, 2.24) is 4.90 Å². The lowest BCUT2D eigenvalue weighted by Crippen LogP contribution is -2.38. The zero-order valence-electron chi connectivity index (χ0n) is 24.2. The summed E-state index contributed by atoms with van der Waals surface area (Å²) < 4.78 is 11.8. The molecule has 0 unspecified atom stereocenters. The van der Waals surface area contributed by atoms with Crippen LogP contribution in [0.25, 0.3) is 6.08 Å². The Kier molecular flexibility index (Phi) is 10.0. The summed E-state index contributed by atoms with van der Waals surface area (Å²) >= 11 is 4.25. The van der Waals surface area contributed by atoms with Crippen molar-refractivity contribution in [2.24, 2.45) is 0 Å². The molecule has 2 N–H and O–H groups in total. The van der Waals surface area contributed by atoms with Crippen LogP contribution in [0.3, 0.4) is 0 Å². The molecule has 4 amide bonds. The molecule has 12 heteroatoms. The van der Waals surface area contributed by atoms with Gasteiger partial charge in [0, 0.05) is 17.6 Å². The Morgan fingerprint density at radius 1 is 0.955 bits per heavy atom. The molecule has 0 aromatic heterocycles. The van der Waals surface area contributed by atoms with E-state index in [0.29, 0.717) is 49.0 Å². The van der Waals surface area contributed by atoms with Gasteiger partial charge in [-0.25, -0.2) is 0 Å². The number of hydrogen-bond acceptors (Lipinski definition) is 8. The minimum atomic E-state index is -0.536. The number of morpholine rings is 1. The first-order valence-electron chi connectivity index (χ1n) is 13.9. The number of amides is 4. The van der Waals surface area contributed by atoms with Crippen molar-refractivity contribution in [2.45, 2.75) is 13.8 Å². The van der Waals surface area contributed by atoms with Gasteiger partial charge in [0.1, 0.15) is 12.3 Å². The zero-order valence-corrected chi connectivity index (χ0v) is 26.6. The highest BCUT2D eigenvalue weighted by Crippen LogP contribution is 2.33. The standard InChI is InChI=1S/C32H31BrN4O6S/c1-20-15-24(33)26(16-21(20)2)35-30(39)19-43-23-9-7-22(8-10-23)17-28-31(40)37(32(41)44-28)18-29(38)34-25-5-3-4-6-27(25)36-11-13-42-14-12-36/h3-10,15-17H,11-14,18-19H2,1-2H3,(H,34,38)(H,35,39)/b28-17+. The first kappa shape index (κ1) is 31.3. The third-order valence-electron chi connectivity index (χ3n) is 7.11. The normalized spacial score (nSPS) is 15.9. The topological polar surface area (TPSA) is 117 Å². The monoisotopic (exact) mass is 678 g/mol. The Bertz CT molecular complexity index is 1620. The molecule has 228 valence electrons. The number of nitrogens with one attached hydrogen (secondary N) is 2. The highest BCUT2D eigenvalue weighted by molar-refractivity contribution is 9.10. The summed E-state index contributed by atoms with van der Waals surface area (Å²) in [6.45, 7) is 6.00. The number of benzene rings is 3. The molecule has 2 aliphatic heterocycles. The van der Waals surface area contributed by atoms with Crippen molar-refractivity contribution in [3.8, 4) is 5.75 Å². The molecule has 0 bridgehead atoms. The van der Waals surface area contributed by atoms with Gasteiger partial charge in [0.05, 0.1) is 35.2 Å². The fourth-order valence-corrected chi connectivity index (χ4v) is 6.05. The average Bonchev–Trinajstić information content (AvgIpc) is 3.27. The molecule has 0 radical (unpaired) electrons. The van der Waals surface area contributed by atoms with Gasteiger partial charge in [-0.1, -0.05) is 24.3 Å². The number of thioether (sulfide) groups is 1. The van der Waals surface area contributed by atoms with E-state index in [1.165, 1.54) is 0 Å². The number of halogens is 1. The minimum absolute atomic E-state index is 0.184. The van der Waals surface area contributed by atoms with Crippen LogP contribution in [-0.2, 0) is 19.1 Å². The lowest BCUT2D eigenvalue weighted by Gasteiger charge is -2.30. The van der Waals surface area contributed by atoms with E-state index < -0.39 is 23.6 Å². The van der Waals surface area contributed by atoms with E-state index in [-0.39, 0.29) is 17.4 Å². The van der Waals surface area contributed by atoms with Crippen molar-refractivity contribution in [3.05, 3.63) is 86.7 Å². The molecule has 2 heterocycles. The Labute approximate surface area is 267 Å². The molecule has 3 aromatic rings. The van der Waals surface area contributed by atoms with Gasteiger partial charge in [0.25, 0.3) is 17.1 Å². The molecule has 2 saturated heterocycles. The van der Waals surface area contributed by atoms with Crippen LogP contribution >= 0.6 is 27.7 Å². The van der Waals surface area contributed by atoms with E-state index in [1.54, 1.807) is 36.4 Å². The second-order valence-corrected chi connectivity index (χ2v) is 12.1. The molecule has 0 spiro atoms. The van der Waals surface area contributed by atoms with Crippen molar-refractivity contribution < 1.29 is 28.7 Å². The maximum atomic E-state index is 13.0. The predicted octanol–water partition coefficient (Wildman–Crippen LogP) is 5.60. The van der Waals surface area contributed by atoms with Gasteiger partial charge in [-0.15, -0.1) is 0 Å². The van der Waals surface area contributed by atoms with Crippen LogP contribution in [0.1, 0.15) is 16.7 Å². The molecule has 3 aromatic carbocycles. The molecule has 0 saturated carbocycles. The van der Waals surface area contributed by atoms with Crippen molar-refractivity contribution in [1.29, 1.82) is 0 Å². The van der Waals surface area contributed by atoms with Crippen LogP contribution in [0.15, 0.2) is 70.0 Å². The fraction of sp³-hybridized carbons (Fsp3) is 0.250. The average molecular weight is 680 g/mol. The van der Waals surface area contributed by atoms with Crippen LogP contribution in [0, 0.1) is 13.8 Å². The van der Waals surface area contributed by atoms with E-state index in [4.69, 9.17) is 9.47 Å². The number of hydrogen-bond donors (Lipinski definition) is 2. The minimum Gasteiger partial charge on any atom is -0.484 e. The molecule has 5 rings (SSSR count). The summed E-state index contributed by atoms with van der Waals surface area (Å²) in [7, 11) is 0. The van der Waals surface area contributed by atoms with Gasteiger partial charge >= 0.3 is 0 Å². The number of ether oxygens (including phenoxy) is 2. The number of imide groups is 1. The Balaban J connectivity index is 1.15. The number of para-hydroxylation sites is 2. The summed E-state index contributed by atoms with van der Waals surface area (Å²) in [4.78, 5) is 54.2. The number of aryl methyl sites for hydroxylation is 2. The van der Waals surface area contributed by atoms with Gasteiger partial charge < -0.3 is 25.0 Å². The van der Waals surface area contributed by atoms with Gasteiger partial charge in [-0.05, 0) is 101 Å². The lowest BCUT2D eigenvalue weighted by atomic mass is 10.1. The molecular formula is C32H31BrN4O6S. The van der Waals surface area contributed by atoms with Crippen LogP contribution in [0.2, 0.25) is 0 Å². The SMILES string of the molecule is Cc1cc(Br)c(NC(=O)COc2ccc(/C=C3/SC(=O)N(CC(=O)Nc4ccccc4N4CCOCC4)C3=O)cc2)cc1C. The number of nitrogens with zero attached hydrogens (tertiary/aromatic N) is 2. The summed E-state index contributed by atoms with van der Waals surface area (Å²) in [6, 6.07) is 18.0. The van der Waals surface area contributed by atoms with Crippen molar-refractivity contribution in [2.75, 3.05) is 55.0 Å².